The lowest BCUT2D eigenvalue weighted by Crippen LogP contribution is -2.28. The van der Waals surface area contributed by atoms with Gasteiger partial charge in [0.25, 0.3) is 0 Å². The van der Waals surface area contributed by atoms with Crippen molar-refractivity contribution in [3.63, 3.8) is 0 Å². The highest BCUT2D eigenvalue weighted by Gasteiger charge is 2.46. The fraction of sp³-hybridized carbons (Fsp3) is 0.0400. The lowest BCUT2D eigenvalue weighted by atomic mass is 9.67. The summed E-state index contributed by atoms with van der Waals surface area (Å²) in [5.74, 6) is 6.03. The van der Waals surface area contributed by atoms with Gasteiger partial charge in [-0.1, -0.05) is 106 Å². The first-order chi connectivity index (χ1) is 27.0. The molecule has 0 radical (unpaired) electrons. The molecule has 266 valence electrons. The van der Waals surface area contributed by atoms with Crippen molar-refractivity contribution < 1.29 is 18.9 Å². The third kappa shape index (κ3) is 6.87. The molecule has 8 aromatic carbocycles. The van der Waals surface area contributed by atoms with Gasteiger partial charge in [-0.2, -0.15) is 0 Å². The van der Waals surface area contributed by atoms with Crippen LogP contribution in [0.1, 0.15) is 27.8 Å². The zero-order valence-corrected chi connectivity index (χ0v) is 31.6. The molecule has 0 saturated carbocycles. The molecule has 5 heteroatoms. The Balaban J connectivity index is 1.03. The first-order valence-corrected chi connectivity index (χ1v) is 18.9. The second-order valence-electron chi connectivity index (χ2n) is 13.5. The van der Waals surface area contributed by atoms with Crippen molar-refractivity contribution >= 4 is 15.9 Å². The second kappa shape index (κ2) is 14.7. The average molecular weight is 780 g/mol. The maximum Gasteiger partial charge on any atom is 0.127 e. The Bertz CT molecular complexity index is 2380. The highest BCUT2D eigenvalue weighted by atomic mass is 79.9. The van der Waals surface area contributed by atoms with Crippen molar-refractivity contribution in [2.75, 3.05) is 0 Å². The van der Waals surface area contributed by atoms with Gasteiger partial charge in [0, 0.05) is 4.47 Å². The van der Waals surface area contributed by atoms with Crippen LogP contribution < -0.4 is 18.9 Å². The van der Waals surface area contributed by atoms with E-state index in [2.05, 4.69) is 108 Å². The van der Waals surface area contributed by atoms with Crippen LogP contribution >= 0.6 is 15.9 Å². The zero-order valence-electron chi connectivity index (χ0n) is 30.0. The van der Waals surface area contributed by atoms with E-state index >= 15 is 0 Å². The predicted molar refractivity (Wildman–Crippen MR) is 222 cm³/mol. The molecule has 0 atom stereocenters. The number of benzene rings is 8. The minimum Gasteiger partial charge on any atom is -0.457 e. The minimum absolute atomic E-state index is 0.593. The SMILES string of the molecule is Cc1ccc2c(c1)C(c1ccc(Oc3ccc(Oc4ccccc4)cc3)cc1)(c1ccc(Oc3ccc(Oc4ccccc4)cc3)cc1)c1cc(Br)ccc1-2. The van der Waals surface area contributed by atoms with Gasteiger partial charge in [-0.25, -0.2) is 0 Å². The van der Waals surface area contributed by atoms with Crippen molar-refractivity contribution in [2.24, 2.45) is 0 Å². The van der Waals surface area contributed by atoms with Crippen LogP contribution in [0.3, 0.4) is 0 Å². The minimum atomic E-state index is -0.593. The van der Waals surface area contributed by atoms with Gasteiger partial charge in [-0.05, 0) is 149 Å². The van der Waals surface area contributed by atoms with Gasteiger partial charge in [0.2, 0.25) is 0 Å². The molecule has 0 saturated heterocycles. The van der Waals surface area contributed by atoms with E-state index in [-0.39, 0.29) is 0 Å². The number of hydrogen-bond donors (Lipinski definition) is 0. The molecule has 0 unspecified atom stereocenters. The second-order valence-corrected chi connectivity index (χ2v) is 14.4. The van der Waals surface area contributed by atoms with E-state index in [1.54, 1.807) is 0 Å². The van der Waals surface area contributed by atoms with E-state index in [1.165, 1.54) is 27.8 Å². The molecule has 4 nitrogen and oxygen atoms in total. The van der Waals surface area contributed by atoms with Crippen LogP contribution in [0.15, 0.2) is 199 Å². The Hall–Kier alpha value is -6.56. The molecular formula is C50H35BrO4. The normalized spacial score (nSPS) is 12.3. The molecule has 0 heterocycles. The summed E-state index contributed by atoms with van der Waals surface area (Å²) in [6.07, 6.45) is 0. The first kappa shape index (κ1) is 34.2. The summed E-state index contributed by atoms with van der Waals surface area (Å²) in [6.45, 7) is 2.16. The van der Waals surface area contributed by atoms with Crippen molar-refractivity contribution in [2.45, 2.75) is 12.3 Å². The molecule has 0 bridgehead atoms. The molecule has 0 aromatic heterocycles. The van der Waals surface area contributed by atoms with E-state index in [9.17, 15) is 0 Å². The van der Waals surface area contributed by atoms with Crippen molar-refractivity contribution in [3.05, 3.63) is 226 Å². The van der Waals surface area contributed by atoms with Crippen LogP contribution in [0.25, 0.3) is 11.1 Å². The molecule has 0 spiro atoms. The quantitative estimate of drug-likeness (QED) is 0.139. The molecule has 9 rings (SSSR count). The number of aryl methyl sites for hydroxylation is 1. The summed E-state index contributed by atoms with van der Waals surface area (Å²) in [5.41, 5.74) is 7.78. The number of halogens is 1. The topological polar surface area (TPSA) is 36.9 Å². The van der Waals surface area contributed by atoms with Crippen molar-refractivity contribution in [3.8, 4) is 57.1 Å². The zero-order chi connectivity index (χ0) is 37.2. The number of rotatable bonds is 10. The predicted octanol–water partition coefficient (Wildman–Crippen LogP) is 14.3. The third-order valence-corrected chi connectivity index (χ3v) is 10.4. The van der Waals surface area contributed by atoms with Crippen molar-refractivity contribution in [1.82, 2.24) is 0 Å². The van der Waals surface area contributed by atoms with E-state index < -0.39 is 5.41 Å². The van der Waals surface area contributed by atoms with Gasteiger partial charge in [0.05, 0.1) is 5.41 Å². The van der Waals surface area contributed by atoms with Crippen molar-refractivity contribution in [1.29, 1.82) is 0 Å². The summed E-state index contributed by atoms with van der Waals surface area (Å²) in [6, 6.07) is 65.2. The lowest BCUT2D eigenvalue weighted by Gasteiger charge is -2.34. The number of ether oxygens (including phenoxy) is 4. The van der Waals surface area contributed by atoms with Crippen LogP contribution in [0, 0.1) is 6.92 Å². The number of fused-ring (bicyclic) bond motifs is 3. The van der Waals surface area contributed by atoms with Crippen LogP contribution in [0.2, 0.25) is 0 Å². The van der Waals surface area contributed by atoms with Crippen LogP contribution in [0.5, 0.6) is 46.0 Å². The Kier molecular flexibility index (Phi) is 9.14. The van der Waals surface area contributed by atoms with E-state index in [1.807, 2.05) is 109 Å². The average Bonchev–Trinajstić information content (AvgIpc) is 3.50. The smallest absolute Gasteiger partial charge is 0.127 e. The standard InChI is InChI=1S/C50H35BrO4/c1-34-12-30-46-47-31-17-37(51)33-49(47)50(48(46)32-34,35-13-18-40(19-14-35)54-44-26-22-42(23-27-44)52-38-8-4-2-5-9-38)36-15-20-41(21-16-36)55-45-28-24-43(25-29-45)53-39-10-6-3-7-11-39/h2-33H,1H3. The first-order valence-electron chi connectivity index (χ1n) is 18.2. The molecule has 8 aromatic rings. The summed E-state index contributed by atoms with van der Waals surface area (Å²) < 4.78 is 25.6. The van der Waals surface area contributed by atoms with E-state index in [0.29, 0.717) is 0 Å². The molecule has 1 aliphatic carbocycles. The Labute approximate surface area is 329 Å². The molecule has 0 aliphatic heterocycles. The van der Waals surface area contributed by atoms with Gasteiger partial charge in [-0.3, -0.25) is 0 Å². The molecule has 1 aliphatic rings. The largest absolute Gasteiger partial charge is 0.457 e. The van der Waals surface area contributed by atoms with Crippen LogP contribution in [-0.2, 0) is 5.41 Å². The van der Waals surface area contributed by atoms with Gasteiger partial charge in [-0.15, -0.1) is 0 Å². The van der Waals surface area contributed by atoms with E-state index in [0.717, 1.165) is 61.6 Å². The molecule has 55 heavy (non-hydrogen) atoms. The summed E-state index contributed by atoms with van der Waals surface area (Å²) >= 11 is 3.81. The Morgan fingerprint density at radius 1 is 0.345 bits per heavy atom. The van der Waals surface area contributed by atoms with E-state index in [4.69, 9.17) is 18.9 Å². The van der Waals surface area contributed by atoms with Crippen LogP contribution in [0.4, 0.5) is 0 Å². The monoisotopic (exact) mass is 778 g/mol. The molecular weight excluding hydrogens is 744 g/mol. The maximum atomic E-state index is 6.34. The Morgan fingerprint density at radius 2 is 0.673 bits per heavy atom. The summed E-state index contributed by atoms with van der Waals surface area (Å²) in [4.78, 5) is 0. The highest BCUT2D eigenvalue weighted by Crippen LogP contribution is 2.57. The summed E-state index contributed by atoms with van der Waals surface area (Å²) in [7, 11) is 0. The molecule has 0 N–H and O–H groups in total. The summed E-state index contributed by atoms with van der Waals surface area (Å²) in [5, 5.41) is 0. The maximum absolute atomic E-state index is 6.34. The Morgan fingerprint density at radius 3 is 1.07 bits per heavy atom. The number of hydrogen-bond acceptors (Lipinski definition) is 4. The molecule has 0 amide bonds. The molecule has 0 fully saturated rings. The van der Waals surface area contributed by atoms with Gasteiger partial charge >= 0.3 is 0 Å². The lowest BCUT2D eigenvalue weighted by molar-refractivity contribution is 0.469. The number of para-hydroxylation sites is 2. The fourth-order valence-corrected chi connectivity index (χ4v) is 7.78. The fourth-order valence-electron chi connectivity index (χ4n) is 7.42. The third-order valence-electron chi connectivity index (χ3n) is 9.91. The van der Waals surface area contributed by atoms with Gasteiger partial charge < -0.3 is 18.9 Å². The van der Waals surface area contributed by atoms with Crippen LogP contribution in [-0.4, -0.2) is 0 Å². The van der Waals surface area contributed by atoms with Gasteiger partial charge in [0.1, 0.15) is 46.0 Å². The highest BCUT2D eigenvalue weighted by molar-refractivity contribution is 9.10. The van der Waals surface area contributed by atoms with Gasteiger partial charge in [0.15, 0.2) is 0 Å².